The molecule has 0 spiro atoms. The van der Waals surface area contributed by atoms with Gasteiger partial charge in [-0.25, -0.2) is 9.97 Å². The number of aromatic nitrogens is 3. The lowest BCUT2D eigenvalue weighted by Gasteiger charge is -2.04. The third-order valence-electron chi connectivity index (χ3n) is 2.97. The molecule has 0 aliphatic heterocycles. The molecule has 0 aliphatic rings. The number of nitrogens with one attached hydrogen (secondary N) is 1. The minimum atomic E-state index is 0.476. The largest absolute Gasteiger partial charge is 0.383 e. The summed E-state index contributed by atoms with van der Waals surface area (Å²) < 4.78 is 0. The molecule has 0 aliphatic carbocycles. The van der Waals surface area contributed by atoms with Crippen molar-refractivity contribution in [3.8, 4) is 11.1 Å². The third-order valence-corrected chi connectivity index (χ3v) is 3.39. The Labute approximate surface area is 109 Å². The number of nitrogen functional groups attached to an aromatic ring is 1. The predicted molar refractivity (Wildman–Crippen MR) is 73.5 cm³/mol. The Morgan fingerprint density at radius 1 is 1.28 bits per heavy atom. The molecule has 3 aromatic rings. The summed E-state index contributed by atoms with van der Waals surface area (Å²) in [6.07, 6.45) is 3.34. The zero-order chi connectivity index (χ0) is 12.7. The number of aromatic amines is 1. The first-order valence-corrected chi connectivity index (χ1v) is 5.88. The van der Waals surface area contributed by atoms with Crippen molar-refractivity contribution in [2.45, 2.75) is 6.92 Å². The lowest BCUT2D eigenvalue weighted by molar-refractivity contribution is 1.21. The molecule has 3 N–H and O–H groups in total. The van der Waals surface area contributed by atoms with Gasteiger partial charge in [0.25, 0.3) is 0 Å². The summed E-state index contributed by atoms with van der Waals surface area (Å²) in [5, 5.41) is 1.60. The van der Waals surface area contributed by atoms with Crippen LogP contribution in [0.1, 0.15) is 5.56 Å². The molecule has 0 fully saturated rings. The topological polar surface area (TPSA) is 67.6 Å². The number of anilines is 1. The van der Waals surface area contributed by atoms with Gasteiger partial charge in [-0.1, -0.05) is 17.7 Å². The van der Waals surface area contributed by atoms with E-state index in [1.54, 1.807) is 0 Å². The molecule has 1 aromatic carbocycles. The van der Waals surface area contributed by atoms with E-state index in [0.717, 1.165) is 32.7 Å². The number of nitrogens with zero attached hydrogens (tertiary/aromatic N) is 2. The number of rotatable bonds is 1. The summed E-state index contributed by atoms with van der Waals surface area (Å²) in [7, 11) is 0. The molecule has 0 radical (unpaired) electrons. The fourth-order valence-electron chi connectivity index (χ4n) is 2.03. The fraction of sp³-hybridized carbons (Fsp3) is 0.0769. The molecular weight excluding hydrogens is 248 g/mol. The van der Waals surface area contributed by atoms with E-state index in [1.165, 1.54) is 6.33 Å². The van der Waals surface area contributed by atoms with Crippen molar-refractivity contribution in [1.29, 1.82) is 0 Å². The van der Waals surface area contributed by atoms with E-state index in [-0.39, 0.29) is 0 Å². The van der Waals surface area contributed by atoms with E-state index in [4.69, 9.17) is 17.3 Å². The SMILES string of the molecule is Cc1cc(-c2c[nH]c3ncnc(N)c23)ccc1Cl. The van der Waals surface area contributed by atoms with Gasteiger partial charge in [-0.2, -0.15) is 0 Å². The highest BCUT2D eigenvalue weighted by Crippen LogP contribution is 2.32. The fourth-order valence-corrected chi connectivity index (χ4v) is 2.14. The Hall–Kier alpha value is -2.07. The van der Waals surface area contributed by atoms with E-state index in [2.05, 4.69) is 15.0 Å². The average Bonchev–Trinajstić information content (AvgIpc) is 2.78. The van der Waals surface area contributed by atoms with E-state index in [9.17, 15) is 0 Å². The summed E-state index contributed by atoms with van der Waals surface area (Å²) >= 11 is 6.03. The molecule has 5 heteroatoms. The molecule has 0 atom stereocenters. The molecule has 3 rings (SSSR count). The van der Waals surface area contributed by atoms with Crippen molar-refractivity contribution in [2.75, 3.05) is 5.73 Å². The normalized spacial score (nSPS) is 11.0. The van der Waals surface area contributed by atoms with Gasteiger partial charge in [-0.05, 0) is 30.2 Å². The lowest BCUT2D eigenvalue weighted by atomic mass is 10.0. The number of fused-ring (bicyclic) bond motifs is 1. The van der Waals surface area contributed by atoms with Gasteiger partial charge in [0.05, 0.1) is 5.39 Å². The highest BCUT2D eigenvalue weighted by atomic mass is 35.5. The highest BCUT2D eigenvalue weighted by Gasteiger charge is 2.11. The first-order chi connectivity index (χ1) is 8.66. The van der Waals surface area contributed by atoms with Crippen LogP contribution in [0.5, 0.6) is 0 Å². The molecule has 0 saturated heterocycles. The van der Waals surface area contributed by atoms with Crippen molar-refractivity contribution in [2.24, 2.45) is 0 Å². The molecule has 0 unspecified atom stereocenters. The minimum Gasteiger partial charge on any atom is -0.383 e. The lowest BCUT2D eigenvalue weighted by Crippen LogP contribution is -1.92. The standard InChI is InChI=1S/C13H11ClN4/c1-7-4-8(2-3-10(7)14)9-5-16-13-11(9)12(15)17-6-18-13/h2-6H,1H3,(H3,15,16,17,18). The van der Waals surface area contributed by atoms with Gasteiger partial charge in [-0.15, -0.1) is 0 Å². The van der Waals surface area contributed by atoms with Gasteiger partial charge in [0.2, 0.25) is 0 Å². The molecule has 0 amide bonds. The van der Waals surface area contributed by atoms with E-state index < -0.39 is 0 Å². The molecule has 0 bridgehead atoms. The van der Waals surface area contributed by atoms with E-state index >= 15 is 0 Å². The van der Waals surface area contributed by atoms with E-state index in [1.807, 2.05) is 31.3 Å². The van der Waals surface area contributed by atoms with Crippen LogP contribution in [0.15, 0.2) is 30.7 Å². The minimum absolute atomic E-state index is 0.476. The Kier molecular flexibility index (Phi) is 2.45. The van der Waals surface area contributed by atoms with Gasteiger partial charge in [0.15, 0.2) is 0 Å². The Morgan fingerprint density at radius 2 is 2.11 bits per heavy atom. The van der Waals surface area contributed by atoms with Crippen LogP contribution in [0.2, 0.25) is 5.02 Å². The maximum Gasteiger partial charge on any atom is 0.143 e. The van der Waals surface area contributed by atoms with Gasteiger partial charge in [-0.3, -0.25) is 0 Å². The Morgan fingerprint density at radius 3 is 2.89 bits per heavy atom. The van der Waals surface area contributed by atoms with Crippen LogP contribution in [0, 0.1) is 6.92 Å². The van der Waals surface area contributed by atoms with Gasteiger partial charge in [0.1, 0.15) is 17.8 Å². The number of nitrogens with two attached hydrogens (primary N) is 1. The molecule has 2 heterocycles. The van der Waals surface area contributed by atoms with Crippen LogP contribution in [-0.2, 0) is 0 Å². The maximum atomic E-state index is 6.03. The monoisotopic (exact) mass is 258 g/mol. The summed E-state index contributed by atoms with van der Waals surface area (Å²) in [5.74, 6) is 0.476. The number of aryl methyl sites for hydroxylation is 1. The quantitative estimate of drug-likeness (QED) is 0.704. The van der Waals surface area contributed by atoms with Gasteiger partial charge in [0, 0.05) is 16.8 Å². The summed E-state index contributed by atoms with van der Waals surface area (Å²) in [6.45, 7) is 1.97. The van der Waals surface area contributed by atoms with Crippen molar-refractivity contribution in [3.63, 3.8) is 0 Å². The van der Waals surface area contributed by atoms with Gasteiger partial charge >= 0.3 is 0 Å². The van der Waals surface area contributed by atoms with Crippen LogP contribution >= 0.6 is 11.6 Å². The smallest absolute Gasteiger partial charge is 0.143 e. The Bertz CT molecular complexity index is 733. The molecule has 18 heavy (non-hydrogen) atoms. The number of H-pyrrole nitrogens is 1. The van der Waals surface area contributed by atoms with Crippen LogP contribution < -0.4 is 5.73 Å². The highest BCUT2D eigenvalue weighted by molar-refractivity contribution is 6.31. The van der Waals surface area contributed by atoms with Crippen LogP contribution in [-0.4, -0.2) is 15.0 Å². The van der Waals surface area contributed by atoms with Crippen LogP contribution in [0.25, 0.3) is 22.2 Å². The zero-order valence-corrected chi connectivity index (χ0v) is 10.5. The first kappa shape index (κ1) is 11.0. The van der Waals surface area contributed by atoms with Crippen molar-refractivity contribution in [3.05, 3.63) is 41.3 Å². The molecule has 4 nitrogen and oxygen atoms in total. The maximum absolute atomic E-state index is 6.03. The van der Waals surface area contributed by atoms with Crippen LogP contribution in [0.4, 0.5) is 5.82 Å². The second kappa shape index (κ2) is 3.99. The number of halogens is 1. The first-order valence-electron chi connectivity index (χ1n) is 5.51. The molecule has 0 saturated carbocycles. The second-order valence-corrected chi connectivity index (χ2v) is 4.56. The second-order valence-electron chi connectivity index (χ2n) is 4.15. The summed E-state index contributed by atoms with van der Waals surface area (Å²) in [5.41, 5.74) is 9.71. The molecule has 90 valence electrons. The van der Waals surface area contributed by atoms with Gasteiger partial charge < -0.3 is 10.7 Å². The van der Waals surface area contributed by atoms with Crippen LogP contribution in [0.3, 0.4) is 0 Å². The van der Waals surface area contributed by atoms with Crippen molar-refractivity contribution >= 4 is 28.5 Å². The number of hydrogen-bond donors (Lipinski definition) is 2. The third kappa shape index (κ3) is 1.62. The zero-order valence-electron chi connectivity index (χ0n) is 9.74. The molecular formula is C13H11ClN4. The van der Waals surface area contributed by atoms with Crippen molar-refractivity contribution < 1.29 is 0 Å². The summed E-state index contributed by atoms with van der Waals surface area (Å²) in [6, 6.07) is 5.87. The van der Waals surface area contributed by atoms with Crippen molar-refractivity contribution in [1.82, 2.24) is 15.0 Å². The summed E-state index contributed by atoms with van der Waals surface area (Å²) in [4.78, 5) is 11.3. The Balaban J connectivity index is 2.28. The molecule has 2 aromatic heterocycles. The number of hydrogen-bond acceptors (Lipinski definition) is 3. The number of benzene rings is 1. The van der Waals surface area contributed by atoms with E-state index in [0.29, 0.717) is 5.82 Å². The average molecular weight is 259 g/mol. The predicted octanol–water partition coefficient (Wildman–Crippen LogP) is 3.17.